The molecule has 0 amide bonds. The van der Waals surface area contributed by atoms with E-state index in [9.17, 15) is 0 Å². The average molecular weight is 293 g/mol. The van der Waals surface area contributed by atoms with E-state index >= 15 is 0 Å². The first-order valence-corrected chi connectivity index (χ1v) is 8.15. The van der Waals surface area contributed by atoms with Crippen molar-refractivity contribution in [1.82, 2.24) is 5.32 Å². The first-order valence-electron chi connectivity index (χ1n) is 8.15. The summed E-state index contributed by atoms with van der Waals surface area (Å²) in [5.74, 6) is 0.882. The lowest BCUT2D eigenvalue weighted by molar-refractivity contribution is -0.00728. The van der Waals surface area contributed by atoms with Crippen LogP contribution in [0.1, 0.15) is 57.6 Å². The Morgan fingerprint density at radius 3 is 2.67 bits per heavy atom. The number of rotatable bonds is 11. The summed E-state index contributed by atoms with van der Waals surface area (Å²) in [7, 11) is 3.66. The van der Waals surface area contributed by atoms with Gasteiger partial charge in [0, 0.05) is 6.54 Å². The Hall–Kier alpha value is -1.06. The van der Waals surface area contributed by atoms with Crippen LogP contribution in [0.3, 0.4) is 0 Å². The number of benzene rings is 1. The first kappa shape index (κ1) is 18.0. The lowest BCUT2D eigenvalue weighted by Crippen LogP contribution is -2.23. The zero-order valence-corrected chi connectivity index (χ0v) is 14.0. The van der Waals surface area contributed by atoms with E-state index in [-0.39, 0.29) is 12.2 Å². The molecule has 0 fully saturated rings. The first-order chi connectivity index (χ1) is 10.2. The van der Waals surface area contributed by atoms with Gasteiger partial charge in [-0.2, -0.15) is 0 Å². The third kappa shape index (κ3) is 6.96. The number of unbranched alkanes of at least 4 members (excludes halogenated alkanes) is 3. The minimum atomic E-state index is 0.0753. The molecule has 0 heterocycles. The van der Waals surface area contributed by atoms with Crippen LogP contribution >= 0.6 is 0 Å². The molecule has 120 valence electrons. The van der Waals surface area contributed by atoms with E-state index in [4.69, 9.17) is 9.47 Å². The fraction of sp³-hybridized carbons (Fsp3) is 0.667. The van der Waals surface area contributed by atoms with E-state index in [1.54, 1.807) is 7.11 Å². The van der Waals surface area contributed by atoms with E-state index in [1.807, 2.05) is 19.2 Å². The third-order valence-corrected chi connectivity index (χ3v) is 3.72. The van der Waals surface area contributed by atoms with Crippen LogP contribution in [-0.4, -0.2) is 26.8 Å². The molecule has 0 radical (unpaired) electrons. The average Bonchev–Trinajstić information content (AvgIpc) is 2.51. The molecular formula is C18H31NO2. The number of methoxy groups -OCH3 is 1. The normalized spacial score (nSPS) is 13.9. The number of hydrogen-bond donors (Lipinski definition) is 1. The Bertz CT molecular complexity index is 381. The second-order valence-electron chi connectivity index (χ2n) is 5.62. The van der Waals surface area contributed by atoms with Gasteiger partial charge in [-0.25, -0.2) is 0 Å². The second kappa shape index (κ2) is 10.6. The minimum absolute atomic E-state index is 0.0753. The molecular weight excluding hydrogens is 262 g/mol. The van der Waals surface area contributed by atoms with Crippen LogP contribution in [0.2, 0.25) is 0 Å². The summed E-state index contributed by atoms with van der Waals surface area (Å²) in [6.45, 7) is 5.23. The summed E-state index contributed by atoms with van der Waals surface area (Å²) in [4.78, 5) is 0. The van der Waals surface area contributed by atoms with E-state index in [1.165, 1.54) is 31.2 Å². The summed E-state index contributed by atoms with van der Waals surface area (Å²) >= 11 is 0. The molecule has 3 heteroatoms. The molecule has 1 N–H and O–H groups in total. The molecule has 21 heavy (non-hydrogen) atoms. The number of nitrogens with one attached hydrogen (secondary N) is 1. The molecule has 2 atom stereocenters. The van der Waals surface area contributed by atoms with Gasteiger partial charge in [-0.1, -0.05) is 44.7 Å². The highest BCUT2D eigenvalue weighted by atomic mass is 16.5. The molecule has 0 spiro atoms. The smallest absolute Gasteiger partial charge is 0.119 e. The summed E-state index contributed by atoms with van der Waals surface area (Å²) in [5, 5.41) is 3.22. The topological polar surface area (TPSA) is 30.5 Å². The van der Waals surface area contributed by atoms with Crippen molar-refractivity contribution in [2.24, 2.45) is 0 Å². The molecule has 0 aliphatic heterocycles. The highest BCUT2D eigenvalue weighted by Crippen LogP contribution is 2.24. The largest absolute Gasteiger partial charge is 0.497 e. The van der Waals surface area contributed by atoms with Crippen molar-refractivity contribution in [3.05, 3.63) is 29.8 Å². The molecule has 0 saturated carbocycles. The van der Waals surface area contributed by atoms with Crippen LogP contribution in [0.25, 0.3) is 0 Å². The summed E-state index contributed by atoms with van der Waals surface area (Å²) in [5.41, 5.74) is 1.17. The Labute approximate surface area is 130 Å². The Morgan fingerprint density at radius 2 is 2.00 bits per heavy atom. The molecule has 3 nitrogen and oxygen atoms in total. The van der Waals surface area contributed by atoms with Crippen LogP contribution in [0.15, 0.2) is 24.3 Å². The molecule has 2 unspecified atom stereocenters. The van der Waals surface area contributed by atoms with Crippen molar-refractivity contribution in [1.29, 1.82) is 0 Å². The fourth-order valence-electron chi connectivity index (χ4n) is 2.48. The van der Waals surface area contributed by atoms with E-state index in [2.05, 4.69) is 31.3 Å². The Kier molecular flexibility index (Phi) is 9.11. The van der Waals surface area contributed by atoms with E-state index in [0.717, 1.165) is 18.7 Å². The molecule has 1 aromatic rings. The van der Waals surface area contributed by atoms with Gasteiger partial charge in [0.1, 0.15) is 5.75 Å². The molecule has 1 rings (SSSR count). The lowest BCUT2D eigenvalue weighted by atomic mass is 10.1. The lowest BCUT2D eigenvalue weighted by Gasteiger charge is -2.23. The molecule has 0 aromatic heterocycles. The zero-order valence-electron chi connectivity index (χ0n) is 14.0. The van der Waals surface area contributed by atoms with Gasteiger partial charge in [-0.3, -0.25) is 0 Å². The highest BCUT2D eigenvalue weighted by molar-refractivity contribution is 5.30. The van der Waals surface area contributed by atoms with Gasteiger partial charge < -0.3 is 14.8 Å². The Balaban J connectivity index is 2.55. The Morgan fingerprint density at radius 1 is 1.19 bits per heavy atom. The van der Waals surface area contributed by atoms with Crippen LogP contribution in [0.5, 0.6) is 5.75 Å². The second-order valence-corrected chi connectivity index (χ2v) is 5.62. The summed E-state index contributed by atoms with van der Waals surface area (Å²) < 4.78 is 11.5. The van der Waals surface area contributed by atoms with Crippen LogP contribution < -0.4 is 10.1 Å². The van der Waals surface area contributed by atoms with Crippen LogP contribution in [-0.2, 0) is 4.74 Å². The van der Waals surface area contributed by atoms with Gasteiger partial charge in [0.2, 0.25) is 0 Å². The van der Waals surface area contributed by atoms with Gasteiger partial charge in [0.25, 0.3) is 0 Å². The summed E-state index contributed by atoms with van der Waals surface area (Å²) in [6.07, 6.45) is 6.64. The monoisotopic (exact) mass is 293 g/mol. The van der Waals surface area contributed by atoms with Crippen LogP contribution in [0, 0.1) is 0 Å². The number of hydrogen-bond acceptors (Lipinski definition) is 3. The predicted octanol–water partition coefficient (Wildman–Crippen LogP) is 4.33. The maximum Gasteiger partial charge on any atom is 0.119 e. The SMILES string of the molecule is CCCCCCC(C)OC(CNC)c1cccc(OC)c1. The quantitative estimate of drug-likeness (QED) is 0.616. The van der Waals surface area contributed by atoms with Crippen molar-refractivity contribution in [2.75, 3.05) is 20.7 Å². The van der Waals surface area contributed by atoms with Crippen molar-refractivity contribution in [3.8, 4) is 5.75 Å². The van der Waals surface area contributed by atoms with Gasteiger partial charge in [-0.05, 0) is 38.1 Å². The van der Waals surface area contributed by atoms with Crippen molar-refractivity contribution >= 4 is 0 Å². The predicted molar refractivity (Wildman–Crippen MR) is 89.0 cm³/mol. The molecule has 0 aliphatic carbocycles. The van der Waals surface area contributed by atoms with Gasteiger partial charge in [0.15, 0.2) is 0 Å². The molecule has 1 aromatic carbocycles. The molecule has 0 bridgehead atoms. The standard InChI is InChI=1S/C18H31NO2/c1-5-6-7-8-10-15(2)21-18(14-19-3)16-11-9-12-17(13-16)20-4/h9,11-13,15,18-19H,5-8,10,14H2,1-4H3. The van der Waals surface area contributed by atoms with Gasteiger partial charge >= 0.3 is 0 Å². The van der Waals surface area contributed by atoms with Crippen molar-refractivity contribution < 1.29 is 9.47 Å². The summed E-state index contributed by atoms with van der Waals surface area (Å²) in [6, 6.07) is 8.15. The maximum absolute atomic E-state index is 6.24. The zero-order chi connectivity index (χ0) is 15.5. The maximum atomic E-state index is 6.24. The van der Waals surface area contributed by atoms with Crippen molar-refractivity contribution in [3.63, 3.8) is 0 Å². The van der Waals surface area contributed by atoms with Crippen molar-refractivity contribution in [2.45, 2.75) is 58.2 Å². The van der Waals surface area contributed by atoms with Crippen LogP contribution in [0.4, 0.5) is 0 Å². The third-order valence-electron chi connectivity index (χ3n) is 3.72. The molecule has 0 saturated heterocycles. The fourth-order valence-corrected chi connectivity index (χ4v) is 2.48. The highest BCUT2D eigenvalue weighted by Gasteiger charge is 2.15. The van der Waals surface area contributed by atoms with E-state index in [0.29, 0.717) is 0 Å². The molecule has 0 aliphatic rings. The minimum Gasteiger partial charge on any atom is -0.497 e. The van der Waals surface area contributed by atoms with Gasteiger partial charge in [-0.15, -0.1) is 0 Å². The number of likely N-dealkylation sites (N-methyl/N-ethyl adjacent to an activating group) is 1. The number of ether oxygens (including phenoxy) is 2. The van der Waals surface area contributed by atoms with E-state index < -0.39 is 0 Å². The van der Waals surface area contributed by atoms with Gasteiger partial charge in [0.05, 0.1) is 19.3 Å².